The number of pyridine rings is 1. The number of carbonyl (C=O) groups is 1. The van der Waals surface area contributed by atoms with Gasteiger partial charge >= 0.3 is 6.03 Å². The number of nitrogens with zero attached hydrogens (tertiary/aromatic N) is 6. The molecule has 0 radical (unpaired) electrons. The second kappa shape index (κ2) is 10.5. The Morgan fingerprint density at radius 2 is 1.80 bits per heavy atom. The number of hydrazone groups is 1. The van der Waals surface area contributed by atoms with Gasteiger partial charge in [-0.15, -0.1) is 0 Å². The van der Waals surface area contributed by atoms with Gasteiger partial charge in [0.2, 0.25) is 0 Å². The monoisotopic (exact) mass is 579 g/mol. The molecule has 12 nitrogen and oxygen atoms in total. The fourth-order valence-electron chi connectivity index (χ4n) is 4.64. The van der Waals surface area contributed by atoms with Gasteiger partial charge in [0, 0.05) is 24.8 Å². The van der Waals surface area contributed by atoms with Crippen LogP contribution in [-0.4, -0.2) is 71.6 Å². The molecule has 3 aromatic rings. The molecule has 2 aromatic heterocycles. The van der Waals surface area contributed by atoms with Crippen molar-refractivity contribution in [2.75, 3.05) is 20.2 Å². The standard InChI is InChI=1S/C24H24F3N7O5S/c1-13-23(40(36,37)31-38-3)14(2)33(30-13)22-9-21(19(27)10-28-22)39-18-11-32(12-18)24(35)34-20(4-5-29-34)15-6-16(25)8-17(26)7-15/h5-10,18,20,31H,4,11-12H2,1-3H3/t20-/m0/s1. The van der Waals surface area contributed by atoms with Crippen LogP contribution in [0.5, 0.6) is 5.75 Å². The van der Waals surface area contributed by atoms with E-state index >= 15 is 0 Å². The SMILES string of the molecule is CONS(=O)(=O)c1c(C)nn(-c2cc(OC3CN(C(=O)N4N=CC[C@H]4c4cc(F)cc(F)c4)C3)c(F)cn2)c1C. The average Bonchev–Trinajstić information content (AvgIpc) is 3.46. The quantitative estimate of drug-likeness (QED) is 0.426. The lowest BCUT2D eigenvalue weighted by Crippen LogP contribution is -2.58. The van der Waals surface area contributed by atoms with Crippen LogP contribution >= 0.6 is 0 Å². The van der Waals surface area contributed by atoms with Crippen molar-refractivity contribution in [3.05, 3.63) is 64.9 Å². The number of rotatable bonds is 7. The maximum atomic E-state index is 14.6. The molecule has 0 saturated carbocycles. The van der Waals surface area contributed by atoms with E-state index in [4.69, 9.17) is 4.74 Å². The van der Waals surface area contributed by atoms with Crippen molar-refractivity contribution in [3.8, 4) is 11.6 Å². The first-order valence-electron chi connectivity index (χ1n) is 12.0. The lowest BCUT2D eigenvalue weighted by atomic mass is 10.0. The van der Waals surface area contributed by atoms with Crippen molar-refractivity contribution in [3.63, 3.8) is 0 Å². The second-order valence-electron chi connectivity index (χ2n) is 9.20. The smallest absolute Gasteiger partial charge is 0.341 e. The minimum Gasteiger partial charge on any atom is -0.483 e. The molecule has 1 saturated heterocycles. The van der Waals surface area contributed by atoms with Gasteiger partial charge in [-0.3, -0.25) is 4.84 Å². The van der Waals surface area contributed by atoms with Crippen molar-refractivity contribution < 1.29 is 36.0 Å². The molecule has 16 heteroatoms. The van der Waals surface area contributed by atoms with E-state index in [1.54, 1.807) is 0 Å². The molecule has 0 unspecified atom stereocenters. The Hall–Kier alpha value is -4.02. The molecule has 1 atom stereocenters. The number of hydrogen-bond acceptors (Lipinski definition) is 8. The number of hydrogen-bond donors (Lipinski definition) is 1. The van der Waals surface area contributed by atoms with Gasteiger partial charge < -0.3 is 9.64 Å². The van der Waals surface area contributed by atoms with Gasteiger partial charge in [0.1, 0.15) is 22.6 Å². The summed E-state index contributed by atoms with van der Waals surface area (Å²) in [4.78, 5) is 24.8. The number of urea groups is 1. The third-order valence-corrected chi connectivity index (χ3v) is 7.93. The molecule has 0 bridgehead atoms. The summed E-state index contributed by atoms with van der Waals surface area (Å²) in [6, 6.07) is 3.19. The summed E-state index contributed by atoms with van der Waals surface area (Å²) in [6.07, 6.45) is 2.15. The molecule has 40 heavy (non-hydrogen) atoms. The summed E-state index contributed by atoms with van der Waals surface area (Å²) in [6.45, 7) is 3.22. The van der Waals surface area contributed by atoms with E-state index in [1.807, 2.05) is 4.89 Å². The summed E-state index contributed by atoms with van der Waals surface area (Å²) in [5.74, 6) is -2.33. The van der Waals surface area contributed by atoms with Gasteiger partial charge in [0.05, 0.1) is 43.8 Å². The largest absolute Gasteiger partial charge is 0.483 e. The zero-order chi connectivity index (χ0) is 28.8. The van der Waals surface area contributed by atoms with Crippen LogP contribution in [0, 0.1) is 31.3 Å². The lowest BCUT2D eigenvalue weighted by molar-refractivity contribution is 0.0256. The lowest BCUT2D eigenvalue weighted by Gasteiger charge is -2.41. The number of carbonyl (C=O) groups excluding carboxylic acids is 1. The van der Waals surface area contributed by atoms with Gasteiger partial charge in [-0.2, -0.15) is 10.2 Å². The Balaban J connectivity index is 1.28. The molecular formula is C24H24F3N7O5S. The number of nitrogens with one attached hydrogen (secondary N) is 1. The van der Waals surface area contributed by atoms with Crippen LogP contribution < -0.4 is 9.62 Å². The summed E-state index contributed by atoms with van der Waals surface area (Å²) in [5.41, 5.74) is 0.667. The highest BCUT2D eigenvalue weighted by molar-refractivity contribution is 7.89. The normalized spacial score (nSPS) is 17.4. The second-order valence-corrected chi connectivity index (χ2v) is 10.8. The fourth-order valence-corrected chi connectivity index (χ4v) is 5.85. The molecule has 1 N–H and O–H groups in total. The molecule has 212 valence electrons. The van der Waals surface area contributed by atoms with E-state index in [9.17, 15) is 26.4 Å². The van der Waals surface area contributed by atoms with E-state index < -0.39 is 45.7 Å². The highest BCUT2D eigenvalue weighted by Gasteiger charge is 2.39. The Kier molecular flexibility index (Phi) is 7.24. The van der Waals surface area contributed by atoms with Crippen LogP contribution in [0.1, 0.15) is 29.4 Å². The van der Waals surface area contributed by atoms with E-state index in [0.29, 0.717) is 6.42 Å². The minimum atomic E-state index is -4.02. The zero-order valence-corrected chi connectivity index (χ0v) is 22.3. The van der Waals surface area contributed by atoms with Crippen LogP contribution in [0.3, 0.4) is 0 Å². The maximum absolute atomic E-state index is 14.6. The van der Waals surface area contributed by atoms with E-state index in [2.05, 4.69) is 20.0 Å². The Labute approximate surface area is 227 Å². The summed E-state index contributed by atoms with van der Waals surface area (Å²) in [5, 5.41) is 9.44. The van der Waals surface area contributed by atoms with Crippen molar-refractivity contribution in [1.82, 2.24) is 29.6 Å². The van der Waals surface area contributed by atoms with E-state index in [0.717, 1.165) is 36.5 Å². The first kappa shape index (κ1) is 27.5. The minimum absolute atomic E-state index is 0.108. The summed E-state index contributed by atoms with van der Waals surface area (Å²) >= 11 is 0. The van der Waals surface area contributed by atoms with Gasteiger partial charge in [-0.1, -0.05) is 4.89 Å². The Morgan fingerprint density at radius 1 is 1.10 bits per heavy atom. The first-order valence-corrected chi connectivity index (χ1v) is 13.5. The topological polar surface area (TPSA) is 131 Å². The Morgan fingerprint density at radius 3 is 2.48 bits per heavy atom. The third-order valence-electron chi connectivity index (χ3n) is 6.42. The molecular weight excluding hydrogens is 555 g/mol. The predicted octanol–water partition coefficient (Wildman–Crippen LogP) is 2.76. The van der Waals surface area contributed by atoms with Crippen LogP contribution in [0.2, 0.25) is 0 Å². The van der Waals surface area contributed by atoms with Gasteiger partial charge in [-0.25, -0.2) is 41.1 Å². The molecule has 0 aliphatic carbocycles. The fraction of sp³-hybridized carbons (Fsp3) is 0.333. The van der Waals surface area contributed by atoms with Gasteiger partial charge in [0.25, 0.3) is 10.0 Å². The zero-order valence-electron chi connectivity index (χ0n) is 21.5. The molecule has 5 rings (SSSR count). The van der Waals surface area contributed by atoms with Gasteiger partial charge in [0.15, 0.2) is 17.4 Å². The molecule has 4 heterocycles. The highest BCUT2D eigenvalue weighted by Crippen LogP contribution is 2.32. The molecule has 2 aliphatic heterocycles. The van der Waals surface area contributed by atoms with Crippen LogP contribution in [-0.2, 0) is 14.9 Å². The van der Waals surface area contributed by atoms with Crippen LogP contribution in [0.4, 0.5) is 18.0 Å². The predicted molar refractivity (Wildman–Crippen MR) is 134 cm³/mol. The van der Waals surface area contributed by atoms with Crippen molar-refractivity contribution in [2.45, 2.75) is 37.3 Å². The number of sulfonamides is 1. The van der Waals surface area contributed by atoms with Crippen molar-refractivity contribution >= 4 is 22.3 Å². The first-order chi connectivity index (χ1) is 19.0. The number of aryl methyl sites for hydroxylation is 1. The van der Waals surface area contributed by atoms with E-state index in [1.165, 1.54) is 35.7 Å². The number of ether oxygens (including phenoxy) is 1. The molecule has 1 fully saturated rings. The number of halogens is 3. The van der Waals surface area contributed by atoms with Gasteiger partial charge in [-0.05, 0) is 31.5 Å². The molecule has 1 aromatic carbocycles. The summed E-state index contributed by atoms with van der Waals surface area (Å²) < 4.78 is 73.9. The van der Waals surface area contributed by atoms with Crippen molar-refractivity contribution in [1.29, 1.82) is 0 Å². The third kappa shape index (κ3) is 5.12. The maximum Gasteiger partial charge on any atom is 0.341 e. The Bertz CT molecular complexity index is 1590. The van der Waals surface area contributed by atoms with E-state index in [-0.39, 0.29) is 46.5 Å². The average molecular weight is 580 g/mol. The number of benzene rings is 1. The van der Waals surface area contributed by atoms with Crippen molar-refractivity contribution in [2.24, 2.45) is 5.10 Å². The number of amides is 2. The highest BCUT2D eigenvalue weighted by atomic mass is 32.2. The number of likely N-dealkylation sites (tertiary alicyclic amines) is 1. The van der Waals surface area contributed by atoms with Crippen LogP contribution in [0.25, 0.3) is 5.82 Å². The molecule has 2 aliphatic rings. The van der Waals surface area contributed by atoms with Crippen LogP contribution in [0.15, 0.2) is 40.5 Å². The number of aromatic nitrogens is 3. The molecule has 2 amide bonds. The summed E-state index contributed by atoms with van der Waals surface area (Å²) in [7, 11) is -2.85. The molecule has 0 spiro atoms.